The number of hydrogen-bond donors (Lipinski definition) is 1. The molecule has 0 spiro atoms. The molecule has 1 N–H and O–H groups in total. The maximum Gasteiger partial charge on any atom is 0.322 e. The molecule has 0 saturated heterocycles. The number of carbonyl (C=O) groups excluding carboxylic acids is 2. The van der Waals surface area contributed by atoms with Gasteiger partial charge in [0, 0.05) is 35.8 Å². The fraction of sp³-hybridized carbons (Fsp3) is 0.280. The van der Waals surface area contributed by atoms with E-state index in [1.807, 2.05) is 35.7 Å². The number of anilines is 1. The number of thiophene rings is 1. The first-order valence-corrected chi connectivity index (χ1v) is 12.3. The van der Waals surface area contributed by atoms with E-state index in [-0.39, 0.29) is 25.8 Å². The van der Waals surface area contributed by atoms with E-state index in [1.54, 1.807) is 47.6 Å². The molecule has 4 rings (SSSR count). The first kappa shape index (κ1) is 24.8. The van der Waals surface area contributed by atoms with Crippen LogP contribution < -0.4 is 14.8 Å². The Morgan fingerprint density at radius 3 is 2.69 bits per heavy atom. The molecule has 1 aliphatic heterocycles. The molecule has 0 fully saturated rings. The SMILES string of the molecule is COCCN(CC(=O)N(Cc1ccc2c(c1)OCO2)Cc1cccs1)C(=O)Nc1cccc(Cl)c1. The van der Waals surface area contributed by atoms with Gasteiger partial charge in [0.25, 0.3) is 0 Å². The van der Waals surface area contributed by atoms with Gasteiger partial charge in [-0.3, -0.25) is 4.79 Å². The van der Waals surface area contributed by atoms with Gasteiger partial charge in [0.15, 0.2) is 11.5 Å². The minimum absolute atomic E-state index is 0.105. The van der Waals surface area contributed by atoms with E-state index >= 15 is 0 Å². The zero-order valence-electron chi connectivity index (χ0n) is 19.2. The number of fused-ring (bicyclic) bond motifs is 1. The Kier molecular flexibility index (Phi) is 8.46. The molecule has 3 aromatic rings. The Balaban J connectivity index is 1.49. The van der Waals surface area contributed by atoms with Crippen LogP contribution in [0.4, 0.5) is 10.5 Å². The summed E-state index contributed by atoms with van der Waals surface area (Å²) in [6, 6.07) is 16.0. The average Bonchev–Trinajstić information content (AvgIpc) is 3.53. The zero-order chi connectivity index (χ0) is 24.6. The third-order valence-electron chi connectivity index (χ3n) is 5.34. The number of rotatable bonds is 10. The number of carbonyl (C=O) groups is 2. The van der Waals surface area contributed by atoms with Gasteiger partial charge in [-0.2, -0.15) is 0 Å². The number of ether oxygens (including phenoxy) is 3. The quantitative estimate of drug-likeness (QED) is 0.418. The molecule has 3 amide bonds. The molecule has 35 heavy (non-hydrogen) atoms. The van der Waals surface area contributed by atoms with Gasteiger partial charge in [-0.05, 0) is 47.3 Å². The topological polar surface area (TPSA) is 80.3 Å². The van der Waals surface area contributed by atoms with Crippen molar-refractivity contribution in [3.05, 3.63) is 75.4 Å². The highest BCUT2D eigenvalue weighted by atomic mass is 35.5. The maximum atomic E-state index is 13.5. The number of amides is 3. The highest BCUT2D eigenvalue weighted by Crippen LogP contribution is 2.33. The van der Waals surface area contributed by atoms with Crippen molar-refractivity contribution < 1.29 is 23.8 Å². The van der Waals surface area contributed by atoms with Gasteiger partial charge >= 0.3 is 6.03 Å². The van der Waals surface area contributed by atoms with Crippen molar-refractivity contribution in [3.8, 4) is 11.5 Å². The van der Waals surface area contributed by atoms with Gasteiger partial charge in [-0.25, -0.2) is 4.79 Å². The average molecular weight is 516 g/mol. The molecule has 0 saturated carbocycles. The third-order valence-corrected chi connectivity index (χ3v) is 6.44. The van der Waals surface area contributed by atoms with Gasteiger partial charge in [0.05, 0.1) is 13.2 Å². The standard InChI is InChI=1S/C25H26ClN3O5S/c1-32-10-9-28(25(31)27-20-5-2-4-19(26)13-20)16-24(30)29(15-21-6-3-11-35-21)14-18-7-8-22-23(12-18)34-17-33-22/h2-8,11-13H,9-10,14-17H2,1H3,(H,27,31). The van der Waals surface area contributed by atoms with Crippen molar-refractivity contribution in [2.24, 2.45) is 0 Å². The Bertz CT molecular complexity index is 1160. The lowest BCUT2D eigenvalue weighted by Gasteiger charge is -2.28. The van der Waals surface area contributed by atoms with E-state index in [0.717, 1.165) is 10.4 Å². The number of urea groups is 1. The molecule has 10 heteroatoms. The fourth-order valence-corrected chi connectivity index (χ4v) is 4.48. The van der Waals surface area contributed by atoms with Crippen LogP contribution in [0.25, 0.3) is 0 Å². The van der Waals surface area contributed by atoms with Crippen molar-refractivity contribution in [1.82, 2.24) is 9.80 Å². The molecular formula is C25H26ClN3O5S. The zero-order valence-corrected chi connectivity index (χ0v) is 20.8. The number of halogens is 1. The van der Waals surface area contributed by atoms with Crippen LogP contribution in [0, 0.1) is 0 Å². The minimum Gasteiger partial charge on any atom is -0.454 e. The minimum atomic E-state index is -0.406. The van der Waals surface area contributed by atoms with E-state index in [4.69, 9.17) is 25.8 Å². The summed E-state index contributed by atoms with van der Waals surface area (Å²) in [5, 5.41) is 5.29. The van der Waals surface area contributed by atoms with Crippen molar-refractivity contribution in [3.63, 3.8) is 0 Å². The van der Waals surface area contributed by atoms with E-state index in [1.165, 1.54) is 4.90 Å². The maximum absolute atomic E-state index is 13.5. The summed E-state index contributed by atoms with van der Waals surface area (Å²) in [4.78, 5) is 30.7. The van der Waals surface area contributed by atoms with Crippen LogP contribution in [0.1, 0.15) is 10.4 Å². The normalized spacial score (nSPS) is 11.8. The molecule has 0 atom stereocenters. The molecule has 184 valence electrons. The monoisotopic (exact) mass is 515 g/mol. The van der Waals surface area contributed by atoms with Crippen LogP contribution in [-0.4, -0.2) is 55.3 Å². The van der Waals surface area contributed by atoms with Crippen LogP contribution in [0.2, 0.25) is 5.02 Å². The van der Waals surface area contributed by atoms with Gasteiger partial charge in [-0.15, -0.1) is 11.3 Å². The second kappa shape index (κ2) is 11.9. The number of benzene rings is 2. The molecule has 2 heterocycles. The predicted molar refractivity (Wildman–Crippen MR) is 135 cm³/mol. The Morgan fingerprint density at radius 1 is 1.06 bits per heavy atom. The Morgan fingerprint density at radius 2 is 1.91 bits per heavy atom. The summed E-state index contributed by atoms with van der Waals surface area (Å²) in [5.74, 6) is 1.16. The van der Waals surface area contributed by atoms with Crippen LogP contribution >= 0.6 is 22.9 Å². The highest BCUT2D eigenvalue weighted by molar-refractivity contribution is 7.09. The molecule has 0 unspecified atom stereocenters. The second-order valence-electron chi connectivity index (χ2n) is 7.87. The Hall–Kier alpha value is -3.27. The lowest BCUT2D eigenvalue weighted by atomic mass is 10.2. The molecule has 1 aromatic heterocycles. The van der Waals surface area contributed by atoms with Gasteiger partial charge in [-0.1, -0.05) is 29.8 Å². The van der Waals surface area contributed by atoms with Crippen molar-refractivity contribution >= 4 is 40.6 Å². The molecule has 0 radical (unpaired) electrons. The highest BCUT2D eigenvalue weighted by Gasteiger charge is 2.23. The van der Waals surface area contributed by atoms with E-state index < -0.39 is 6.03 Å². The summed E-state index contributed by atoms with van der Waals surface area (Å²) >= 11 is 7.61. The first-order valence-electron chi connectivity index (χ1n) is 11.0. The van der Waals surface area contributed by atoms with Crippen LogP contribution in [0.5, 0.6) is 11.5 Å². The van der Waals surface area contributed by atoms with Crippen LogP contribution in [-0.2, 0) is 22.6 Å². The summed E-state index contributed by atoms with van der Waals surface area (Å²) < 4.78 is 16.0. The van der Waals surface area contributed by atoms with Gasteiger partial charge < -0.3 is 29.3 Å². The largest absolute Gasteiger partial charge is 0.454 e. The van der Waals surface area contributed by atoms with E-state index in [0.29, 0.717) is 41.9 Å². The van der Waals surface area contributed by atoms with E-state index in [2.05, 4.69) is 5.32 Å². The Labute approximate surface area is 213 Å². The lowest BCUT2D eigenvalue weighted by molar-refractivity contribution is -0.133. The van der Waals surface area contributed by atoms with E-state index in [9.17, 15) is 9.59 Å². The van der Waals surface area contributed by atoms with Crippen molar-refractivity contribution in [2.45, 2.75) is 13.1 Å². The summed E-state index contributed by atoms with van der Waals surface area (Å²) in [7, 11) is 1.55. The van der Waals surface area contributed by atoms with Crippen molar-refractivity contribution in [2.75, 3.05) is 38.9 Å². The third kappa shape index (κ3) is 6.88. The smallest absolute Gasteiger partial charge is 0.322 e. The molecule has 2 aromatic carbocycles. The fourth-order valence-electron chi connectivity index (χ4n) is 3.57. The van der Waals surface area contributed by atoms with Gasteiger partial charge in [0.1, 0.15) is 6.54 Å². The van der Waals surface area contributed by atoms with Crippen LogP contribution in [0.3, 0.4) is 0 Å². The number of methoxy groups -OCH3 is 1. The predicted octanol–water partition coefficient (Wildman–Crippen LogP) is 4.84. The van der Waals surface area contributed by atoms with Crippen LogP contribution in [0.15, 0.2) is 60.0 Å². The first-order chi connectivity index (χ1) is 17.0. The number of nitrogens with zero attached hydrogens (tertiary/aromatic N) is 2. The molecule has 0 aliphatic carbocycles. The molecule has 0 bridgehead atoms. The van der Waals surface area contributed by atoms with Gasteiger partial charge in [0.2, 0.25) is 12.7 Å². The number of nitrogens with one attached hydrogen (secondary N) is 1. The summed E-state index contributed by atoms with van der Waals surface area (Å²) in [5.41, 5.74) is 1.46. The summed E-state index contributed by atoms with van der Waals surface area (Å²) in [6.07, 6.45) is 0. The molecule has 8 nitrogen and oxygen atoms in total. The molecule has 1 aliphatic rings. The lowest BCUT2D eigenvalue weighted by Crippen LogP contribution is -2.45. The molecular weight excluding hydrogens is 490 g/mol. The summed E-state index contributed by atoms with van der Waals surface area (Å²) in [6.45, 7) is 1.42. The second-order valence-corrected chi connectivity index (χ2v) is 9.34. The van der Waals surface area contributed by atoms with Crippen molar-refractivity contribution in [1.29, 1.82) is 0 Å². The number of hydrogen-bond acceptors (Lipinski definition) is 6.